The van der Waals surface area contributed by atoms with Crippen LogP contribution in [0, 0.1) is 3.57 Å². The van der Waals surface area contributed by atoms with E-state index in [1.165, 1.54) is 31.3 Å². The van der Waals surface area contributed by atoms with Crippen molar-refractivity contribution in [1.29, 1.82) is 0 Å². The number of nitrogens with one attached hydrogen (secondary N) is 1. The van der Waals surface area contributed by atoms with E-state index in [1.807, 2.05) is 6.07 Å². The summed E-state index contributed by atoms with van der Waals surface area (Å²) in [5.41, 5.74) is 2.14. The monoisotopic (exact) mass is 389 g/mol. The fraction of sp³-hybridized carbons (Fsp3) is 0.400. The zero-order valence-corrected chi connectivity index (χ0v) is 13.6. The Kier molecular flexibility index (Phi) is 5.70. The predicted molar refractivity (Wildman–Crippen MR) is 87.7 cm³/mol. The molecule has 2 rings (SSSR count). The van der Waals surface area contributed by atoms with E-state index in [4.69, 9.17) is 11.6 Å². The predicted octanol–water partition coefficient (Wildman–Crippen LogP) is 4.56. The average Bonchev–Trinajstić information content (AvgIpc) is 2.42. The summed E-state index contributed by atoms with van der Waals surface area (Å²) in [6, 6.07) is 5.38. The molecule has 1 aliphatic carbocycles. The molecule has 0 radical (unpaired) electrons. The molecule has 1 aromatic rings. The van der Waals surface area contributed by atoms with Crippen LogP contribution in [0.5, 0.6) is 0 Å². The fourth-order valence-electron chi connectivity index (χ4n) is 2.24. The highest BCUT2D eigenvalue weighted by Gasteiger charge is 2.10. The standard InChI is InChI=1S/C15H17ClINO/c16-12-6-7-14(17)13(10-12)15(19)18-9-8-11-4-2-1-3-5-11/h4,6-7,10H,1-3,5,8-9H2,(H,18,19). The molecule has 1 aromatic carbocycles. The van der Waals surface area contributed by atoms with Crippen molar-refractivity contribution in [3.63, 3.8) is 0 Å². The second-order valence-corrected chi connectivity index (χ2v) is 6.34. The summed E-state index contributed by atoms with van der Waals surface area (Å²) in [7, 11) is 0. The van der Waals surface area contributed by atoms with E-state index in [9.17, 15) is 4.79 Å². The Bertz CT molecular complexity index is 499. The van der Waals surface area contributed by atoms with Crippen LogP contribution < -0.4 is 5.32 Å². The molecule has 1 aliphatic rings. The molecule has 0 aromatic heterocycles. The van der Waals surface area contributed by atoms with Gasteiger partial charge in [0.25, 0.3) is 5.91 Å². The third-order valence-electron chi connectivity index (χ3n) is 3.29. The van der Waals surface area contributed by atoms with Gasteiger partial charge in [0, 0.05) is 15.1 Å². The highest BCUT2D eigenvalue weighted by molar-refractivity contribution is 14.1. The summed E-state index contributed by atoms with van der Waals surface area (Å²) in [5.74, 6) is -0.0386. The van der Waals surface area contributed by atoms with Gasteiger partial charge >= 0.3 is 0 Å². The van der Waals surface area contributed by atoms with Gasteiger partial charge in [-0.05, 0) is 72.9 Å². The van der Waals surface area contributed by atoms with Gasteiger partial charge in [-0.25, -0.2) is 0 Å². The van der Waals surface area contributed by atoms with Crippen LogP contribution in [0.15, 0.2) is 29.8 Å². The molecule has 0 atom stereocenters. The van der Waals surface area contributed by atoms with Crippen molar-refractivity contribution in [3.05, 3.63) is 44.0 Å². The maximum atomic E-state index is 12.1. The molecule has 0 fully saturated rings. The number of halogens is 2. The van der Waals surface area contributed by atoms with Gasteiger partial charge in [0.1, 0.15) is 0 Å². The lowest BCUT2D eigenvalue weighted by Gasteiger charge is -2.13. The van der Waals surface area contributed by atoms with Crippen molar-refractivity contribution >= 4 is 40.1 Å². The molecule has 0 saturated heterocycles. The van der Waals surface area contributed by atoms with Crippen molar-refractivity contribution in [2.45, 2.75) is 32.1 Å². The van der Waals surface area contributed by atoms with Crippen LogP contribution >= 0.6 is 34.2 Å². The second-order valence-electron chi connectivity index (χ2n) is 4.74. The Hall–Kier alpha value is -0.550. The Balaban J connectivity index is 1.87. The molecule has 0 saturated carbocycles. The molecule has 1 N–H and O–H groups in total. The van der Waals surface area contributed by atoms with Gasteiger partial charge in [-0.2, -0.15) is 0 Å². The van der Waals surface area contributed by atoms with Crippen LogP contribution in [-0.4, -0.2) is 12.5 Å². The summed E-state index contributed by atoms with van der Waals surface area (Å²) in [6.07, 6.45) is 8.24. The molecule has 0 aliphatic heterocycles. The van der Waals surface area contributed by atoms with Gasteiger partial charge in [0.2, 0.25) is 0 Å². The van der Waals surface area contributed by atoms with Gasteiger partial charge < -0.3 is 5.32 Å². The fourth-order valence-corrected chi connectivity index (χ4v) is 2.99. The number of hydrogen-bond donors (Lipinski definition) is 1. The molecule has 2 nitrogen and oxygen atoms in total. The first kappa shape index (κ1) is 14.9. The minimum Gasteiger partial charge on any atom is -0.352 e. The lowest BCUT2D eigenvalue weighted by atomic mass is 9.97. The minimum atomic E-state index is -0.0386. The zero-order valence-electron chi connectivity index (χ0n) is 10.7. The average molecular weight is 390 g/mol. The summed E-state index contributed by atoms with van der Waals surface area (Å²) in [5, 5.41) is 3.57. The first-order valence-electron chi connectivity index (χ1n) is 6.58. The number of carbonyl (C=O) groups is 1. The van der Waals surface area contributed by atoms with Crippen molar-refractivity contribution < 1.29 is 4.79 Å². The maximum Gasteiger partial charge on any atom is 0.252 e. The van der Waals surface area contributed by atoms with Gasteiger partial charge in [-0.1, -0.05) is 23.3 Å². The SMILES string of the molecule is O=C(NCCC1=CCCCC1)c1cc(Cl)ccc1I. The van der Waals surface area contributed by atoms with E-state index >= 15 is 0 Å². The van der Waals surface area contributed by atoms with Crippen LogP contribution in [0.2, 0.25) is 5.02 Å². The maximum absolute atomic E-state index is 12.1. The number of rotatable bonds is 4. The lowest BCUT2D eigenvalue weighted by Crippen LogP contribution is -2.25. The number of amides is 1. The van der Waals surface area contributed by atoms with E-state index in [-0.39, 0.29) is 5.91 Å². The zero-order chi connectivity index (χ0) is 13.7. The molecule has 4 heteroatoms. The molecular weight excluding hydrogens is 373 g/mol. The van der Waals surface area contributed by atoms with Crippen LogP contribution in [0.1, 0.15) is 42.5 Å². The van der Waals surface area contributed by atoms with Crippen molar-refractivity contribution in [1.82, 2.24) is 5.32 Å². The molecule has 1 amide bonds. The van der Waals surface area contributed by atoms with Gasteiger partial charge in [-0.3, -0.25) is 4.79 Å². The minimum absolute atomic E-state index is 0.0386. The first-order chi connectivity index (χ1) is 9.16. The van der Waals surface area contributed by atoms with E-state index in [0.717, 1.165) is 9.99 Å². The Morgan fingerprint density at radius 3 is 2.95 bits per heavy atom. The summed E-state index contributed by atoms with van der Waals surface area (Å²) < 4.78 is 0.927. The second kappa shape index (κ2) is 7.29. The highest BCUT2D eigenvalue weighted by Crippen LogP contribution is 2.20. The molecule has 102 valence electrons. The summed E-state index contributed by atoms with van der Waals surface area (Å²) in [6.45, 7) is 0.702. The van der Waals surface area contributed by atoms with Crippen molar-refractivity contribution in [2.75, 3.05) is 6.54 Å². The Morgan fingerprint density at radius 2 is 2.21 bits per heavy atom. The van der Waals surface area contributed by atoms with Crippen LogP contribution in [0.25, 0.3) is 0 Å². The third kappa shape index (κ3) is 4.49. The van der Waals surface area contributed by atoms with Crippen LogP contribution in [0.4, 0.5) is 0 Å². The molecule has 19 heavy (non-hydrogen) atoms. The van der Waals surface area contributed by atoms with Crippen molar-refractivity contribution in [3.8, 4) is 0 Å². The molecule has 0 bridgehead atoms. The summed E-state index contributed by atoms with van der Waals surface area (Å²) in [4.78, 5) is 12.1. The molecule has 0 unspecified atom stereocenters. The topological polar surface area (TPSA) is 29.1 Å². The van der Waals surface area contributed by atoms with E-state index in [1.54, 1.807) is 12.1 Å². The number of hydrogen-bond acceptors (Lipinski definition) is 1. The van der Waals surface area contributed by atoms with E-state index in [0.29, 0.717) is 17.1 Å². The third-order valence-corrected chi connectivity index (χ3v) is 4.47. The van der Waals surface area contributed by atoms with E-state index in [2.05, 4.69) is 34.0 Å². The molecule has 0 heterocycles. The number of benzene rings is 1. The first-order valence-corrected chi connectivity index (χ1v) is 8.03. The van der Waals surface area contributed by atoms with Crippen LogP contribution in [0.3, 0.4) is 0 Å². The number of allylic oxidation sites excluding steroid dienone is 1. The Morgan fingerprint density at radius 1 is 1.37 bits per heavy atom. The number of carbonyl (C=O) groups excluding carboxylic acids is 1. The quantitative estimate of drug-likeness (QED) is 0.593. The lowest BCUT2D eigenvalue weighted by molar-refractivity contribution is 0.0953. The Labute approximate surface area is 132 Å². The smallest absolute Gasteiger partial charge is 0.252 e. The van der Waals surface area contributed by atoms with Crippen molar-refractivity contribution in [2.24, 2.45) is 0 Å². The molecule has 0 spiro atoms. The largest absolute Gasteiger partial charge is 0.352 e. The van der Waals surface area contributed by atoms with Crippen LogP contribution in [-0.2, 0) is 0 Å². The van der Waals surface area contributed by atoms with Gasteiger partial charge in [0.05, 0.1) is 5.56 Å². The van der Waals surface area contributed by atoms with E-state index < -0.39 is 0 Å². The summed E-state index contributed by atoms with van der Waals surface area (Å²) >= 11 is 8.08. The molecular formula is C15H17ClINO. The van der Waals surface area contributed by atoms with Gasteiger partial charge in [0.15, 0.2) is 0 Å². The normalized spacial score (nSPS) is 14.9. The van der Waals surface area contributed by atoms with Gasteiger partial charge in [-0.15, -0.1) is 0 Å². The highest BCUT2D eigenvalue weighted by atomic mass is 127.